The Morgan fingerprint density at radius 2 is 1.76 bits per heavy atom. The van der Waals surface area contributed by atoms with E-state index < -0.39 is 9.84 Å². The van der Waals surface area contributed by atoms with Gasteiger partial charge in [0.25, 0.3) is 0 Å². The molecule has 1 aromatic carbocycles. The highest BCUT2D eigenvalue weighted by atomic mass is 35.5. The molecular formula is C18H23ClN2O3S. The zero-order chi connectivity index (χ0) is 17.6. The summed E-state index contributed by atoms with van der Waals surface area (Å²) in [5.41, 5.74) is 0.702. The van der Waals surface area contributed by atoms with E-state index in [1.165, 1.54) is 6.42 Å². The predicted octanol–water partition coefficient (Wildman–Crippen LogP) is 2.49. The molecule has 0 bridgehead atoms. The van der Waals surface area contributed by atoms with Crippen molar-refractivity contribution in [3.05, 3.63) is 29.3 Å². The third-order valence-electron chi connectivity index (χ3n) is 5.77. The van der Waals surface area contributed by atoms with Gasteiger partial charge in [-0.25, -0.2) is 8.42 Å². The van der Waals surface area contributed by atoms with Crippen LogP contribution in [0.4, 0.5) is 5.69 Å². The standard InChI is InChI=1S/C18H23ClN2O3S/c19-13-5-4-8-15(9-13)21-17-12-25(23,24)11-16(17)20(10-18(21)22)14-6-2-1-3-7-14/h4-5,8-9,14,16-17H,1-3,6-7,10-12H2. The number of nitrogens with zero attached hydrogens (tertiary/aromatic N) is 2. The predicted molar refractivity (Wildman–Crippen MR) is 98.7 cm³/mol. The molecular weight excluding hydrogens is 360 g/mol. The highest BCUT2D eigenvalue weighted by molar-refractivity contribution is 7.91. The molecule has 7 heteroatoms. The number of anilines is 1. The summed E-state index contributed by atoms with van der Waals surface area (Å²) in [6.07, 6.45) is 5.69. The minimum Gasteiger partial charge on any atom is -0.306 e. The first-order valence-electron chi connectivity index (χ1n) is 8.98. The molecule has 136 valence electrons. The number of fused-ring (bicyclic) bond motifs is 1. The lowest BCUT2D eigenvalue weighted by Crippen LogP contribution is -2.64. The molecule has 1 aromatic rings. The number of benzene rings is 1. The Kier molecular flexibility index (Phi) is 4.54. The molecule has 3 aliphatic rings. The lowest BCUT2D eigenvalue weighted by atomic mass is 9.91. The maximum Gasteiger partial charge on any atom is 0.241 e. The van der Waals surface area contributed by atoms with Crippen LogP contribution in [0.2, 0.25) is 5.02 Å². The monoisotopic (exact) mass is 382 g/mol. The molecule has 3 fully saturated rings. The van der Waals surface area contributed by atoms with E-state index in [4.69, 9.17) is 11.6 Å². The molecule has 1 aliphatic carbocycles. The van der Waals surface area contributed by atoms with Gasteiger partial charge in [-0.3, -0.25) is 9.69 Å². The molecule has 2 unspecified atom stereocenters. The largest absolute Gasteiger partial charge is 0.306 e. The number of amides is 1. The van der Waals surface area contributed by atoms with Crippen LogP contribution >= 0.6 is 11.6 Å². The second kappa shape index (κ2) is 6.56. The first-order chi connectivity index (χ1) is 11.9. The van der Waals surface area contributed by atoms with Crippen LogP contribution in [-0.2, 0) is 14.6 Å². The van der Waals surface area contributed by atoms with Gasteiger partial charge in [-0.1, -0.05) is 36.9 Å². The Hall–Kier alpha value is -1.11. The number of rotatable bonds is 2. The number of carbonyl (C=O) groups excluding carboxylic acids is 1. The Morgan fingerprint density at radius 1 is 1.04 bits per heavy atom. The summed E-state index contributed by atoms with van der Waals surface area (Å²) in [4.78, 5) is 16.8. The summed E-state index contributed by atoms with van der Waals surface area (Å²) in [6, 6.07) is 7.06. The van der Waals surface area contributed by atoms with E-state index in [-0.39, 0.29) is 29.5 Å². The average molecular weight is 383 g/mol. The number of hydrogen-bond donors (Lipinski definition) is 0. The second-order valence-corrected chi connectivity index (χ2v) is 10.0. The number of hydrogen-bond acceptors (Lipinski definition) is 4. The summed E-state index contributed by atoms with van der Waals surface area (Å²) >= 11 is 6.09. The molecule has 5 nitrogen and oxygen atoms in total. The lowest BCUT2D eigenvalue weighted by Gasteiger charge is -2.47. The Morgan fingerprint density at radius 3 is 2.48 bits per heavy atom. The number of halogens is 1. The third-order valence-corrected chi connectivity index (χ3v) is 7.70. The van der Waals surface area contributed by atoms with Gasteiger partial charge in [0.2, 0.25) is 5.91 Å². The minimum atomic E-state index is -3.14. The summed E-state index contributed by atoms with van der Waals surface area (Å²) in [5.74, 6) is 0.170. The maximum absolute atomic E-state index is 13.0. The average Bonchev–Trinajstić information content (AvgIpc) is 2.89. The van der Waals surface area contributed by atoms with Gasteiger partial charge in [-0.05, 0) is 31.0 Å². The minimum absolute atomic E-state index is 0.0220. The molecule has 1 amide bonds. The number of carbonyl (C=O) groups is 1. The summed E-state index contributed by atoms with van der Waals surface area (Å²) < 4.78 is 24.8. The van der Waals surface area contributed by atoms with Crippen LogP contribution < -0.4 is 4.90 Å². The van der Waals surface area contributed by atoms with E-state index >= 15 is 0 Å². The molecule has 0 spiro atoms. The molecule has 0 radical (unpaired) electrons. The summed E-state index contributed by atoms with van der Waals surface area (Å²) in [6.45, 7) is 0.299. The Balaban J connectivity index is 1.69. The van der Waals surface area contributed by atoms with Gasteiger partial charge in [0.1, 0.15) is 0 Å². The molecule has 1 saturated carbocycles. The fraction of sp³-hybridized carbons (Fsp3) is 0.611. The van der Waals surface area contributed by atoms with Crippen LogP contribution in [-0.4, -0.2) is 55.4 Å². The van der Waals surface area contributed by atoms with Crippen molar-refractivity contribution in [3.63, 3.8) is 0 Å². The Labute approximate surface area is 153 Å². The molecule has 25 heavy (non-hydrogen) atoms. The maximum atomic E-state index is 13.0. The quantitative estimate of drug-likeness (QED) is 0.788. The number of sulfone groups is 1. The number of piperazine rings is 1. The second-order valence-electron chi connectivity index (χ2n) is 7.42. The van der Waals surface area contributed by atoms with Crippen molar-refractivity contribution in [1.82, 2.24) is 4.90 Å². The third kappa shape index (κ3) is 3.32. The van der Waals surface area contributed by atoms with E-state index in [1.807, 2.05) is 6.07 Å². The fourth-order valence-corrected chi connectivity index (χ4v) is 6.83. The first kappa shape index (κ1) is 17.3. The van der Waals surface area contributed by atoms with E-state index in [9.17, 15) is 13.2 Å². The topological polar surface area (TPSA) is 57.7 Å². The van der Waals surface area contributed by atoms with Crippen molar-refractivity contribution < 1.29 is 13.2 Å². The van der Waals surface area contributed by atoms with E-state index in [2.05, 4.69) is 4.90 Å². The highest BCUT2D eigenvalue weighted by Gasteiger charge is 2.51. The smallest absolute Gasteiger partial charge is 0.241 e. The molecule has 0 aromatic heterocycles. The molecule has 2 atom stereocenters. The Bertz CT molecular complexity index is 776. The van der Waals surface area contributed by atoms with Crippen LogP contribution in [0.3, 0.4) is 0 Å². The molecule has 4 rings (SSSR count). The van der Waals surface area contributed by atoms with E-state index in [0.717, 1.165) is 25.7 Å². The van der Waals surface area contributed by atoms with Gasteiger partial charge < -0.3 is 4.90 Å². The van der Waals surface area contributed by atoms with Crippen molar-refractivity contribution in [1.29, 1.82) is 0 Å². The van der Waals surface area contributed by atoms with Crippen molar-refractivity contribution in [2.45, 2.75) is 50.2 Å². The van der Waals surface area contributed by atoms with Crippen LogP contribution in [0.1, 0.15) is 32.1 Å². The summed E-state index contributed by atoms with van der Waals surface area (Å²) in [7, 11) is -3.14. The molecule has 0 N–H and O–H groups in total. The SMILES string of the molecule is O=C1CN(C2CCCCC2)C2CS(=O)(=O)CC2N1c1cccc(Cl)c1. The van der Waals surface area contributed by atoms with Crippen molar-refractivity contribution >= 4 is 33.0 Å². The van der Waals surface area contributed by atoms with E-state index in [1.54, 1.807) is 23.1 Å². The fourth-order valence-electron chi connectivity index (χ4n) is 4.68. The first-order valence-corrected chi connectivity index (χ1v) is 11.2. The van der Waals surface area contributed by atoms with Crippen LogP contribution in [0.5, 0.6) is 0 Å². The highest BCUT2D eigenvalue weighted by Crippen LogP contribution is 2.36. The van der Waals surface area contributed by atoms with Crippen molar-refractivity contribution in [2.75, 3.05) is 23.0 Å². The lowest BCUT2D eigenvalue weighted by molar-refractivity contribution is -0.124. The van der Waals surface area contributed by atoms with Gasteiger partial charge in [0, 0.05) is 22.8 Å². The normalized spacial score (nSPS) is 30.4. The van der Waals surface area contributed by atoms with Gasteiger partial charge in [-0.15, -0.1) is 0 Å². The van der Waals surface area contributed by atoms with Crippen LogP contribution in [0.25, 0.3) is 0 Å². The van der Waals surface area contributed by atoms with E-state index in [0.29, 0.717) is 23.3 Å². The molecule has 2 aliphatic heterocycles. The van der Waals surface area contributed by atoms with Gasteiger partial charge in [0.05, 0.1) is 24.1 Å². The summed E-state index contributed by atoms with van der Waals surface area (Å²) in [5, 5.41) is 0.553. The van der Waals surface area contributed by atoms with Crippen molar-refractivity contribution in [3.8, 4) is 0 Å². The van der Waals surface area contributed by atoms with Gasteiger partial charge >= 0.3 is 0 Å². The molecule has 2 heterocycles. The zero-order valence-corrected chi connectivity index (χ0v) is 15.7. The van der Waals surface area contributed by atoms with Gasteiger partial charge in [0.15, 0.2) is 9.84 Å². The zero-order valence-electron chi connectivity index (χ0n) is 14.1. The molecule has 2 saturated heterocycles. The van der Waals surface area contributed by atoms with Gasteiger partial charge in [-0.2, -0.15) is 0 Å². The van der Waals surface area contributed by atoms with Crippen LogP contribution in [0, 0.1) is 0 Å². The van der Waals surface area contributed by atoms with Crippen LogP contribution in [0.15, 0.2) is 24.3 Å². The van der Waals surface area contributed by atoms with Crippen molar-refractivity contribution in [2.24, 2.45) is 0 Å².